The number of likely N-dealkylation sites (N-methyl/N-ethyl adjacent to an activating group) is 1. The van der Waals surface area contributed by atoms with Crippen molar-refractivity contribution in [3.63, 3.8) is 0 Å². The summed E-state index contributed by atoms with van der Waals surface area (Å²) in [6.45, 7) is 9.98. The number of nitrogens with zero attached hydrogens (tertiary/aromatic N) is 4. The number of hydrogen-bond acceptors (Lipinski definition) is 5. The fourth-order valence-corrected chi connectivity index (χ4v) is 2.73. The Balaban J connectivity index is 1.92. The van der Waals surface area contributed by atoms with Gasteiger partial charge in [-0.2, -0.15) is 0 Å². The molecule has 0 radical (unpaired) electrons. The number of nitrogens with one attached hydrogen (secondary N) is 1. The molecule has 1 atom stereocenters. The Labute approximate surface area is 126 Å². The number of piperazine rings is 1. The molecule has 0 amide bonds. The maximum Gasteiger partial charge on any atom is 0.224 e. The number of aromatic nitrogens is 2. The van der Waals surface area contributed by atoms with E-state index in [0.29, 0.717) is 12.0 Å². The molecule has 1 aromatic heterocycles. The Morgan fingerprint density at radius 3 is 2.60 bits per heavy atom. The molecule has 1 saturated heterocycles. The Kier molecular flexibility index (Phi) is 5.57. The van der Waals surface area contributed by atoms with Gasteiger partial charge in [-0.25, -0.2) is 9.97 Å². The molecule has 5 nitrogen and oxygen atoms in total. The van der Waals surface area contributed by atoms with Crippen LogP contribution in [0.15, 0.2) is 12.3 Å². The monoisotopic (exact) mass is 297 g/mol. The fraction of sp³-hybridized carbons (Fsp3) is 0.714. The molecule has 1 aliphatic heterocycles. The minimum atomic E-state index is 0.288. The van der Waals surface area contributed by atoms with E-state index in [4.69, 9.17) is 11.6 Å². The Bertz CT molecular complexity index is 418. The molecule has 2 rings (SSSR count). The third kappa shape index (κ3) is 4.30. The highest BCUT2D eigenvalue weighted by atomic mass is 35.5. The second-order valence-electron chi connectivity index (χ2n) is 5.74. The van der Waals surface area contributed by atoms with Gasteiger partial charge in [-0.3, -0.25) is 4.90 Å². The van der Waals surface area contributed by atoms with E-state index in [1.54, 1.807) is 6.20 Å². The first kappa shape index (κ1) is 15.5. The van der Waals surface area contributed by atoms with Crippen molar-refractivity contribution < 1.29 is 0 Å². The third-order valence-corrected chi connectivity index (χ3v) is 4.08. The van der Waals surface area contributed by atoms with Crippen LogP contribution in [0.25, 0.3) is 0 Å². The van der Waals surface area contributed by atoms with E-state index >= 15 is 0 Å². The summed E-state index contributed by atoms with van der Waals surface area (Å²) >= 11 is 5.81. The van der Waals surface area contributed by atoms with E-state index in [1.165, 1.54) is 0 Å². The predicted octanol–water partition coefficient (Wildman–Crippen LogP) is 1.81. The normalized spacial score (nSPS) is 19.2. The molecular weight excluding hydrogens is 274 g/mol. The van der Waals surface area contributed by atoms with Gasteiger partial charge in [0.1, 0.15) is 5.82 Å². The summed E-state index contributed by atoms with van der Waals surface area (Å²) in [4.78, 5) is 13.0. The summed E-state index contributed by atoms with van der Waals surface area (Å²) in [5.74, 6) is 1.40. The van der Waals surface area contributed by atoms with Crippen molar-refractivity contribution in [2.75, 3.05) is 45.1 Å². The molecule has 0 aliphatic carbocycles. The minimum absolute atomic E-state index is 0.288. The van der Waals surface area contributed by atoms with Crippen molar-refractivity contribution in [2.45, 2.75) is 19.9 Å². The van der Waals surface area contributed by atoms with Crippen molar-refractivity contribution in [3.8, 4) is 0 Å². The second kappa shape index (κ2) is 7.20. The molecule has 1 N–H and O–H groups in total. The van der Waals surface area contributed by atoms with Crippen LogP contribution in [0.5, 0.6) is 0 Å². The summed E-state index contributed by atoms with van der Waals surface area (Å²) in [7, 11) is 2.18. The average molecular weight is 298 g/mol. The van der Waals surface area contributed by atoms with Crippen molar-refractivity contribution in [1.29, 1.82) is 0 Å². The lowest BCUT2D eigenvalue weighted by Crippen LogP contribution is -2.52. The van der Waals surface area contributed by atoms with E-state index in [-0.39, 0.29) is 5.28 Å². The zero-order valence-electron chi connectivity index (χ0n) is 12.5. The second-order valence-corrected chi connectivity index (χ2v) is 6.08. The predicted molar refractivity (Wildman–Crippen MR) is 83.2 cm³/mol. The molecule has 1 fully saturated rings. The van der Waals surface area contributed by atoms with E-state index < -0.39 is 0 Å². The summed E-state index contributed by atoms with van der Waals surface area (Å²) in [5.41, 5.74) is 0. The van der Waals surface area contributed by atoms with Crippen LogP contribution < -0.4 is 5.32 Å². The topological polar surface area (TPSA) is 44.3 Å². The van der Waals surface area contributed by atoms with Gasteiger partial charge in [0.2, 0.25) is 5.28 Å². The van der Waals surface area contributed by atoms with E-state index in [2.05, 4.69) is 46.0 Å². The van der Waals surface area contributed by atoms with Gasteiger partial charge in [0.15, 0.2) is 0 Å². The molecule has 20 heavy (non-hydrogen) atoms. The van der Waals surface area contributed by atoms with Crippen molar-refractivity contribution in [1.82, 2.24) is 19.8 Å². The molecule has 1 unspecified atom stereocenters. The van der Waals surface area contributed by atoms with E-state index in [0.717, 1.165) is 38.5 Å². The number of anilines is 1. The van der Waals surface area contributed by atoms with Gasteiger partial charge in [-0.05, 0) is 30.6 Å². The third-order valence-electron chi connectivity index (χ3n) is 3.89. The van der Waals surface area contributed by atoms with Gasteiger partial charge in [0.25, 0.3) is 0 Å². The summed E-state index contributed by atoms with van der Waals surface area (Å²) in [6, 6.07) is 2.37. The maximum atomic E-state index is 5.81. The zero-order chi connectivity index (χ0) is 14.5. The van der Waals surface area contributed by atoms with E-state index in [9.17, 15) is 0 Å². The van der Waals surface area contributed by atoms with Gasteiger partial charge in [-0.15, -0.1) is 0 Å². The summed E-state index contributed by atoms with van der Waals surface area (Å²) < 4.78 is 0. The van der Waals surface area contributed by atoms with Crippen LogP contribution in [0.2, 0.25) is 5.28 Å². The SMILES string of the molecule is CC(C)C(CNc1ccnc(Cl)n1)N1CCN(C)CC1. The smallest absolute Gasteiger partial charge is 0.224 e. The molecule has 112 valence electrons. The molecule has 0 aromatic carbocycles. The average Bonchev–Trinajstić information content (AvgIpc) is 2.41. The highest BCUT2D eigenvalue weighted by molar-refractivity contribution is 6.28. The Morgan fingerprint density at radius 1 is 1.30 bits per heavy atom. The molecule has 2 heterocycles. The Hall–Kier alpha value is -0.910. The quantitative estimate of drug-likeness (QED) is 0.840. The van der Waals surface area contributed by atoms with E-state index in [1.807, 2.05) is 6.07 Å². The highest BCUT2D eigenvalue weighted by Gasteiger charge is 2.24. The minimum Gasteiger partial charge on any atom is -0.368 e. The van der Waals surface area contributed by atoms with Gasteiger partial charge in [0, 0.05) is 45.0 Å². The largest absolute Gasteiger partial charge is 0.368 e. The highest BCUT2D eigenvalue weighted by Crippen LogP contribution is 2.15. The first-order valence-corrected chi connectivity index (χ1v) is 7.59. The summed E-state index contributed by atoms with van der Waals surface area (Å²) in [5, 5.41) is 3.67. The lowest BCUT2D eigenvalue weighted by atomic mass is 10.0. The molecule has 0 spiro atoms. The molecule has 6 heteroatoms. The molecule has 0 bridgehead atoms. The molecule has 0 saturated carbocycles. The lowest BCUT2D eigenvalue weighted by molar-refractivity contribution is 0.0944. The van der Waals surface area contributed by atoms with Crippen LogP contribution in [0.3, 0.4) is 0 Å². The van der Waals surface area contributed by atoms with Crippen molar-refractivity contribution >= 4 is 17.4 Å². The van der Waals surface area contributed by atoms with Crippen molar-refractivity contribution in [2.24, 2.45) is 5.92 Å². The van der Waals surface area contributed by atoms with Crippen LogP contribution in [0.1, 0.15) is 13.8 Å². The first-order valence-electron chi connectivity index (χ1n) is 7.21. The lowest BCUT2D eigenvalue weighted by Gasteiger charge is -2.40. The summed E-state index contributed by atoms with van der Waals surface area (Å²) in [6.07, 6.45) is 1.68. The van der Waals surface area contributed by atoms with Crippen molar-refractivity contribution in [3.05, 3.63) is 17.5 Å². The van der Waals surface area contributed by atoms with Gasteiger partial charge >= 0.3 is 0 Å². The van der Waals surface area contributed by atoms with Crippen LogP contribution in [-0.4, -0.2) is 65.6 Å². The van der Waals surface area contributed by atoms with Crippen LogP contribution in [0, 0.1) is 5.92 Å². The van der Waals surface area contributed by atoms with Crippen LogP contribution >= 0.6 is 11.6 Å². The first-order chi connectivity index (χ1) is 9.56. The van der Waals surface area contributed by atoms with Gasteiger partial charge in [0.05, 0.1) is 0 Å². The fourth-order valence-electron chi connectivity index (χ4n) is 2.58. The Morgan fingerprint density at radius 2 is 2.00 bits per heavy atom. The molecule has 1 aromatic rings. The standard InChI is InChI=1S/C14H24ClN5/c1-11(2)12(20-8-6-19(3)7-9-20)10-17-13-4-5-16-14(15)18-13/h4-5,11-12H,6-10H2,1-3H3,(H,16,17,18). The van der Waals surface area contributed by atoms with Crippen LogP contribution in [-0.2, 0) is 0 Å². The maximum absolute atomic E-state index is 5.81. The number of hydrogen-bond donors (Lipinski definition) is 1. The molecular formula is C14H24ClN5. The van der Waals surface area contributed by atoms with Gasteiger partial charge in [-0.1, -0.05) is 13.8 Å². The molecule has 1 aliphatic rings. The number of halogens is 1. The van der Waals surface area contributed by atoms with Gasteiger partial charge < -0.3 is 10.2 Å². The zero-order valence-corrected chi connectivity index (χ0v) is 13.3. The van der Waals surface area contributed by atoms with Crippen LogP contribution in [0.4, 0.5) is 5.82 Å². The number of rotatable bonds is 5.